The molecule has 2 heteroatoms. The van der Waals surface area contributed by atoms with Gasteiger partial charge in [0, 0.05) is 12.0 Å². The Bertz CT molecular complexity index is 612. The van der Waals surface area contributed by atoms with Crippen molar-refractivity contribution >= 4 is 5.78 Å². The molecule has 0 fully saturated rings. The first-order chi connectivity index (χ1) is 9.29. The zero-order valence-corrected chi connectivity index (χ0v) is 11.0. The molecule has 0 spiro atoms. The van der Waals surface area contributed by atoms with E-state index in [2.05, 4.69) is 6.07 Å². The van der Waals surface area contributed by atoms with Crippen molar-refractivity contribution in [1.29, 1.82) is 0 Å². The van der Waals surface area contributed by atoms with Crippen molar-refractivity contribution in [3.8, 4) is 16.9 Å². The van der Waals surface area contributed by atoms with Gasteiger partial charge in [-0.05, 0) is 42.2 Å². The number of carbonyl (C=O) groups excluding carboxylic acids is 1. The summed E-state index contributed by atoms with van der Waals surface area (Å²) >= 11 is 0. The summed E-state index contributed by atoms with van der Waals surface area (Å²) in [6, 6.07) is 14.1. The summed E-state index contributed by atoms with van der Waals surface area (Å²) in [5.74, 6) is 1.13. The maximum atomic E-state index is 12.0. The molecule has 1 aliphatic rings. The molecular weight excluding hydrogens is 236 g/mol. The molecule has 0 N–H and O–H groups in total. The molecule has 0 amide bonds. The summed E-state index contributed by atoms with van der Waals surface area (Å²) in [5, 5.41) is 0. The third-order valence-corrected chi connectivity index (χ3v) is 3.53. The molecule has 0 saturated carbocycles. The first-order valence-electron chi connectivity index (χ1n) is 6.68. The van der Waals surface area contributed by atoms with Crippen molar-refractivity contribution in [2.45, 2.75) is 19.8 Å². The van der Waals surface area contributed by atoms with Crippen LogP contribution in [0.2, 0.25) is 0 Å². The lowest BCUT2D eigenvalue weighted by Crippen LogP contribution is -1.96. The van der Waals surface area contributed by atoms with Crippen LogP contribution in [0.1, 0.15) is 29.3 Å². The molecule has 3 rings (SSSR count). The predicted octanol–water partition coefficient (Wildman–Crippen LogP) is 3.88. The number of carbonyl (C=O) groups is 1. The predicted molar refractivity (Wildman–Crippen MR) is 75.7 cm³/mol. The Labute approximate surface area is 113 Å². The van der Waals surface area contributed by atoms with E-state index in [9.17, 15) is 4.79 Å². The summed E-state index contributed by atoms with van der Waals surface area (Å²) < 4.78 is 5.44. The Morgan fingerprint density at radius 2 is 1.84 bits per heavy atom. The minimum absolute atomic E-state index is 0.263. The van der Waals surface area contributed by atoms with Crippen molar-refractivity contribution in [3.05, 3.63) is 53.6 Å². The molecule has 0 bridgehead atoms. The Kier molecular flexibility index (Phi) is 3.08. The van der Waals surface area contributed by atoms with Gasteiger partial charge in [0.1, 0.15) is 5.75 Å². The quantitative estimate of drug-likeness (QED) is 0.828. The molecule has 2 nitrogen and oxygen atoms in total. The molecule has 0 atom stereocenters. The summed E-state index contributed by atoms with van der Waals surface area (Å²) in [5.41, 5.74) is 4.21. The minimum Gasteiger partial charge on any atom is -0.494 e. The number of hydrogen-bond acceptors (Lipinski definition) is 2. The normalized spacial score (nSPS) is 13.4. The average molecular weight is 252 g/mol. The maximum absolute atomic E-state index is 12.0. The molecule has 1 aliphatic carbocycles. The molecule has 0 saturated heterocycles. The lowest BCUT2D eigenvalue weighted by atomic mass is 9.96. The van der Waals surface area contributed by atoms with Crippen LogP contribution in [0.25, 0.3) is 11.1 Å². The Balaban J connectivity index is 2.03. The SMILES string of the molecule is CCOc1ccc(-c2cccc3c2C(=O)CC3)cc1. The molecule has 0 heterocycles. The van der Waals surface area contributed by atoms with Gasteiger partial charge in [0.2, 0.25) is 0 Å². The minimum atomic E-state index is 0.263. The van der Waals surface area contributed by atoms with Gasteiger partial charge in [-0.3, -0.25) is 4.79 Å². The van der Waals surface area contributed by atoms with Crippen molar-refractivity contribution in [3.63, 3.8) is 0 Å². The van der Waals surface area contributed by atoms with Crippen LogP contribution in [0.15, 0.2) is 42.5 Å². The van der Waals surface area contributed by atoms with Gasteiger partial charge in [-0.1, -0.05) is 30.3 Å². The van der Waals surface area contributed by atoms with E-state index in [4.69, 9.17) is 4.74 Å². The first-order valence-corrected chi connectivity index (χ1v) is 6.68. The molecule has 2 aromatic carbocycles. The largest absolute Gasteiger partial charge is 0.494 e. The number of ether oxygens (including phenoxy) is 1. The van der Waals surface area contributed by atoms with Gasteiger partial charge in [-0.15, -0.1) is 0 Å². The second-order valence-corrected chi connectivity index (χ2v) is 4.72. The smallest absolute Gasteiger partial charge is 0.164 e. The van der Waals surface area contributed by atoms with E-state index in [1.807, 2.05) is 43.3 Å². The topological polar surface area (TPSA) is 26.3 Å². The number of benzene rings is 2. The number of ketones is 1. The van der Waals surface area contributed by atoms with Crippen molar-refractivity contribution in [1.82, 2.24) is 0 Å². The second-order valence-electron chi connectivity index (χ2n) is 4.72. The number of fused-ring (bicyclic) bond motifs is 1. The molecule has 0 radical (unpaired) electrons. The third kappa shape index (κ3) is 2.14. The summed E-state index contributed by atoms with van der Waals surface area (Å²) in [7, 11) is 0. The van der Waals surface area contributed by atoms with Crippen LogP contribution < -0.4 is 4.74 Å². The Morgan fingerprint density at radius 1 is 1.05 bits per heavy atom. The van der Waals surface area contributed by atoms with E-state index in [-0.39, 0.29) is 5.78 Å². The highest BCUT2D eigenvalue weighted by Gasteiger charge is 2.22. The lowest BCUT2D eigenvalue weighted by Gasteiger charge is -2.09. The lowest BCUT2D eigenvalue weighted by molar-refractivity contribution is 0.0995. The highest BCUT2D eigenvalue weighted by Crippen LogP contribution is 2.33. The van der Waals surface area contributed by atoms with Gasteiger partial charge in [0.25, 0.3) is 0 Å². The fourth-order valence-electron chi connectivity index (χ4n) is 2.65. The van der Waals surface area contributed by atoms with Crippen LogP contribution in [-0.4, -0.2) is 12.4 Å². The maximum Gasteiger partial charge on any atom is 0.164 e. The van der Waals surface area contributed by atoms with Gasteiger partial charge < -0.3 is 4.74 Å². The molecule has 96 valence electrons. The van der Waals surface area contributed by atoms with Gasteiger partial charge in [-0.2, -0.15) is 0 Å². The van der Waals surface area contributed by atoms with E-state index in [1.54, 1.807) is 0 Å². The van der Waals surface area contributed by atoms with Gasteiger partial charge >= 0.3 is 0 Å². The first kappa shape index (κ1) is 12.0. The third-order valence-electron chi connectivity index (χ3n) is 3.53. The summed E-state index contributed by atoms with van der Waals surface area (Å²) in [6.45, 7) is 2.63. The monoisotopic (exact) mass is 252 g/mol. The van der Waals surface area contributed by atoms with E-state index in [1.165, 1.54) is 5.56 Å². The molecule has 0 aromatic heterocycles. The van der Waals surface area contributed by atoms with Crippen LogP contribution in [0.5, 0.6) is 5.75 Å². The fourth-order valence-corrected chi connectivity index (χ4v) is 2.65. The number of rotatable bonds is 3. The van der Waals surface area contributed by atoms with Crippen LogP contribution in [0.4, 0.5) is 0 Å². The van der Waals surface area contributed by atoms with E-state index < -0.39 is 0 Å². The van der Waals surface area contributed by atoms with Crippen molar-refractivity contribution in [2.75, 3.05) is 6.61 Å². The number of Topliss-reactive ketones (excluding diaryl/α,β-unsaturated/α-hetero) is 1. The Hall–Kier alpha value is -2.09. The van der Waals surface area contributed by atoms with Crippen LogP contribution in [0.3, 0.4) is 0 Å². The zero-order valence-electron chi connectivity index (χ0n) is 11.0. The highest BCUT2D eigenvalue weighted by atomic mass is 16.5. The van der Waals surface area contributed by atoms with E-state index in [0.29, 0.717) is 13.0 Å². The van der Waals surface area contributed by atoms with E-state index in [0.717, 1.165) is 28.9 Å². The molecule has 2 aromatic rings. The van der Waals surface area contributed by atoms with E-state index >= 15 is 0 Å². The summed E-state index contributed by atoms with van der Waals surface area (Å²) in [6.07, 6.45) is 1.52. The van der Waals surface area contributed by atoms with Crippen LogP contribution >= 0.6 is 0 Å². The van der Waals surface area contributed by atoms with Gasteiger partial charge in [0.15, 0.2) is 5.78 Å². The highest BCUT2D eigenvalue weighted by molar-refractivity contribution is 6.06. The zero-order chi connectivity index (χ0) is 13.2. The molecule has 19 heavy (non-hydrogen) atoms. The van der Waals surface area contributed by atoms with Crippen LogP contribution in [-0.2, 0) is 6.42 Å². The molecule has 0 unspecified atom stereocenters. The fraction of sp³-hybridized carbons (Fsp3) is 0.235. The van der Waals surface area contributed by atoms with Crippen molar-refractivity contribution < 1.29 is 9.53 Å². The number of hydrogen-bond donors (Lipinski definition) is 0. The molecule has 0 aliphatic heterocycles. The number of aryl methyl sites for hydroxylation is 1. The molecular formula is C17H16O2. The average Bonchev–Trinajstić information content (AvgIpc) is 2.82. The van der Waals surface area contributed by atoms with Crippen LogP contribution in [0, 0.1) is 0 Å². The standard InChI is InChI=1S/C17H16O2/c1-2-19-14-9-6-12(7-10-14)15-5-3-4-13-8-11-16(18)17(13)15/h3-7,9-10H,2,8,11H2,1H3. The van der Waals surface area contributed by atoms with Gasteiger partial charge in [-0.25, -0.2) is 0 Å². The van der Waals surface area contributed by atoms with Gasteiger partial charge in [0.05, 0.1) is 6.61 Å². The summed E-state index contributed by atoms with van der Waals surface area (Å²) in [4.78, 5) is 12.0. The van der Waals surface area contributed by atoms with Crippen molar-refractivity contribution in [2.24, 2.45) is 0 Å². The Morgan fingerprint density at radius 3 is 2.58 bits per heavy atom. The second kappa shape index (κ2) is 4.88.